The number of hydrogen-bond acceptors (Lipinski definition) is 3. The van der Waals surface area contributed by atoms with Crippen LogP contribution < -0.4 is 5.32 Å². The highest BCUT2D eigenvalue weighted by Gasteiger charge is 2.08. The fraction of sp³-hybridized carbons (Fsp3) is 0.0556. The fourth-order valence-electron chi connectivity index (χ4n) is 2.12. The first-order chi connectivity index (χ1) is 10.7. The van der Waals surface area contributed by atoms with Crippen LogP contribution in [0, 0.1) is 6.92 Å². The summed E-state index contributed by atoms with van der Waals surface area (Å²) in [5, 5.41) is 2.75. The average molecular weight is 289 g/mol. The molecule has 3 rings (SSSR count). The Balaban J connectivity index is 1.76. The molecule has 0 aliphatic heterocycles. The molecule has 1 aromatic carbocycles. The lowest BCUT2D eigenvalue weighted by Gasteiger charge is -2.06. The first-order valence-corrected chi connectivity index (χ1v) is 6.99. The van der Waals surface area contributed by atoms with E-state index in [9.17, 15) is 4.79 Å². The van der Waals surface area contributed by atoms with Crippen molar-refractivity contribution in [3.63, 3.8) is 0 Å². The molecule has 4 nitrogen and oxygen atoms in total. The van der Waals surface area contributed by atoms with Crippen LogP contribution in [0.5, 0.6) is 0 Å². The van der Waals surface area contributed by atoms with Crippen molar-refractivity contribution < 1.29 is 4.79 Å². The molecule has 2 aromatic heterocycles. The summed E-state index contributed by atoms with van der Waals surface area (Å²) < 4.78 is 0. The van der Waals surface area contributed by atoms with Gasteiger partial charge in [-0.15, -0.1) is 0 Å². The zero-order valence-corrected chi connectivity index (χ0v) is 12.2. The molecule has 0 spiro atoms. The number of hydrogen-bond donors (Lipinski definition) is 1. The summed E-state index contributed by atoms with van der Waals surface area (Å²) in [6.07, 6.45) is 1.70. The van der Waals surface area contributed by atoms with E-state index in [2.05, 4.69) is 15.3 Å². The van der Waals surface area contributed by atoms with Crippen LogP contribution in [-0.2, 0) is 0 Å². The normalized spacial score (nSPS) is 10.2. The van der Waals surface area contributed by atoms with Crippen molar-refractivity contribution in [3.05, 3.63) is 78.2 Å². The Bertz CT molecular complexity index is 783. The number of aromatic nitrogens is 2. The molecule has 0 aliphatic carbocycles. The van der Waals surface area contributed by atoms with Crippen LogP contribution in [0.1, 0.15) is 16.2 Å². The van der Waals surface area contributed by atoms with Crippen molar-refractivity contribution >= 4 is 11.7 Å². The molecule has 22 heavy (non-hydrogen) atoms. The Morgan fingerprint density at radius 1 is 0.909 bits per heavy atom. The van der Waals surface area contributed by atoms with Crippen molar-refractivity contribution in [1.82, 2.24) is 9.97 Å². The molecule has 0 bridgehead atoms. The van der Waals surface area contributed by atoms with Crippen molar-refractivity contribution in [2.24, 2.45) is 0 Å². The third-order valence-corrected chi connectivity index (χ3v) is 3.23. The zero-order chi connectivity index (χ0) is 15.4. The second-order valence-electron chi connectivity index (χ2n) is 4.92. The number of carbonyl (C=O) groups excluding carboxylic acids is 1. The quantitative estimate of drug-likeness (QED) is 0.799. The second-order valence-corrected chi connectivity index (χ2v) is 4.92. The van der Waals surface area contributed by atoms with Crippen LogP contribution in [0.25, 0.3) is 11.1 Å². The van der Waals surface area contributed by atoms with Crippen LogP contribution in [0.15, 0.2) is 66.9 Å². The predicted octanol–water partition coefficient (Wildman–Crippen LogP) is 3.70. The molecule has 0 unspecified atom stereocenters. The van der Waals surface area contributed by atoms with Crippen LogP contribution in [-0.4, -0.2) is 15.9 Å². The second kappa shape index (κ2) is 6.18. The minimum absolute atomic E-state index is 0.266. The summed E-state index contributed by atoms with van der Waals surface area (Å²) in [6.45, 7) is 1.88. The summed E-state index contributed by atoms with van der Waals surface area (Å²) >= 11 is 0. The Morgan fingerprint density at radius 2 is 1.73 bits per heavy atom. The Labute approximate surface area is 128 Å². The van der Waals surface area contributed by atoms with E-state index >= 15 is 0 Å². The lowest BCUT2D eigenvalue weighted by atomic mass is 10.1. The van der Waals surface area contributed by atoms with Gasteiger partial charge in [-0.2, -0.15) is 0 Å². The summed E-state index contributed by atoms with van der Waals surface area (Å²) in [4.78, 5) is 20.6. The van der Waals surface area contributed by atoms with Crippen LogP contribution in [0.4, 0.5) is 5.82 Å². The highest BCUT2D eigenvalue weighted by Crippen LogP contribution is 2.18. The van der Waals surface area contributed by atoms with Gasteiger partial charge in [-0.25, -0.2) is 4.98 Å². The molecule has 0 fully saturated rings. The number of nitrogens with zero attached hydrogens (tertiary/aromatic N) is 2. The van der Waals surface area contributed by atoms with Crippen LogP contribution >= 0.6 is 0 Å². The molecule has 3 aromatic rings. The maximum absolute atomic E-state index is 12.2. The molecule has 0 atom stereocenters. The fourth-order valence-corrected chi connectivity index (χ4v) is 2.12. The lowest BCUT2D eigenvalue weighted by Crippen LogP contribution is -2.14. The van der Waals surface area contributed by atoms with E-state index in [4.69, 9.17) is 0 Å². The van der Waals surface area contributed by atoms with E-state index in [-0.39, 0.29) is 5.91 Å². The van der Waals surface area contributed by atoms with Gasteiger partial charge < -0.3 is 5.32 Å². The summed E-state index contributed by atoms with van der Waals surface area (Å²) in [6, 6.07) is 19.0. The first kappa shape index (κ1) is 13.9. The van der Waals surface area contributed by atoms with E-state index in [1.54, 1.807) is 18.3 Å². The lowest BCUT2D eigenvalue weighted by molar-refractivity contribution is 0.102. The maximum atomic E-state index is 12.2. The van der Waals surface area contributed by atoms with Crippen molar-refractivity contribution in [3.8, 4) is 11.1 Å². The largest absolute Gasteiger partial charge is 0.305 e. The van der Waals surface area contributed by atoms with Gasteiger partial charge >= 0.3 is 0 Å². The topological polar surface area (TPSA) is 54.9 Å². The zero-order valence-electron chi connectivity index (χ0n) is 12.2. The number of aryl methyl sites for hydroxylation is 1. The molecule has 2 heterocycles. The van der Waals surface area contributed by atoms with Crippen LogP contribution in [0.2, 0.25) is 0 Å². The van der Waals surface area contributed by atoms with Gasteiger partial charge in [-0.3, -0.25) is 9.78 Å². The van der Waals surface area contributed by atoms with Gasteiger partial charge in [-0.05, 0) is 30.7 Å². The van der Waals surface area contributed by atoms with E-state index < -0.39 is 0 Å². The van der Waals surface area contributed by atoms with Gasteiger partial charge in [0.05, 0.1) is 0 Å². The number of carbonyl (C=O) groups is 1. The van der Waals surface area contributed by atoms with Gasteiger partial charge in [-0.1, -0.05) is 42.5 Å². The minimum Gasteiger partial charge on any atom is -0.305 e. The summed E-state index contributed by atoms with van der Waals surface area (Å²) in [5.74, 6) is 0.261. The molecule has 1 N–H and O–H groups in total. The monoisotopic (exact) mass is 289 g/mol. The van der Waals surface area contributed by atoms with Crippen molar-refractivity contribution in [2.45, 2.75) is 6.92 Å². The highest BCUT2D eigenvalue weighted by atomic mass is 16.1. The number of nitrogens with one attached hydrogen (secondary N) is 1. The molecule has 0 radical (unpaired) electrons. The molecule has 4 heteroatoms. The Kier molecular flexibility index (Phi) is 3.92. The number of amides is 1. The molecule has 0 saturated heterocycles. The van der Waals surface area contributed by atoms with Crippen molar-refractivity contribution in [1.29, 1.82) is 0 Å². The first-order valence-electron chi connectivity index (χ1n) is 6.99. The Hall–Kier alpha value is -3.01. The number of pyridine rings is 2. The molecule has 0 saturated carbocycles. The number of rotatable bonds is 3. The molecule has 1 amide bonds. The SMILES string of the molecule is Cc1cccc(NC(=O)c2ccc(-c3ccccc3)cn2)n1. The van der Waals surface area contributed by atoms with E-state index in [1.165, 1.54) is 0 Å². The van der Waals surface area contributed by atoms with Gasteiger partial charge in [0.25, 0.3) is 5.91 Å². The van der Waals surface area contributed by atoms with E-state index in [0.29, 0.717) is 11.5 Å². The minimum atomic E-state index is -0.266. The summed E-state index contributed by atoms with van der Waals surface area (Å²) in [7, 11) is 0. The molecule has 0 aliphatic rings. The van der Waals surface area contributed by atoms with E-state index in [0.717, 1.165) is 16.8 Å². The molecular weight excluding hydrogens is 274 g/mol. The van der Waals surface area contributed by atoms with Gasteiger partial charge in [0.2, 0.25) is 0 Å². The van der Waals surface area contributed by atoms with Gasteiger partial charge in [0, 0.05) is 17.5 Å². The van der Waals surface area contributed by atoms with Gasteiger partial charge in [0.1, 0.15) is 11.5 Å². The predicted molar refractivity (Wildman–Crippen MR) is 86.6 cm³/mol. The maximum Gasteiger partial charge on any atom is 0.275 e. The number of benzene rings is 1. The molecule has 108 valence electrons. The summed E-state index contributed by atoms with van der Waals surface area (Å²) in [5.41, 5.74) is 3.27. The number of anilines is 1. The highest BCUT2D eigenvalue weighted by molar-refractivity contribution is 6.02. The smallest absolute Gasteiger partial charge is 0.275 e. The third kappa shape index (κ3) is 3.17. The average Bonchev–Trinajstić information content (AvgIpc) is 2.56. The van der Waals surface area contributed by atoms with Gasteiger partial charge in [0.15, 0.2) is 0 Å². The standard InChI is InChI=1S/C18H15N3O/c1-13-6-5-9-17(20-13)21-18(22)16-11-10-15(12-19-16)14-7-3-2-4-8-14/h2-12H,1H3,(H,20,21,22). The van der Waals surface area contributed by atoms with Crippen molar-refractivity contribution in [2.75, 3.05) is 5.32 Å². The third-order valence-electron chi connectivity index (χ3n) is 3.23. The van der Waals surface area contributed by atoms with Crippen LogP contribution in [0.3, 0.4) is 0 Å². The molecular formula is C18H15N3O. The van der Waals surface area contributed by atoms with E-state index in [1.807, 2.05) is 55.5 Å². The Morgan fingerprint density at radius 3 is 2.41 bits per heavy atom.